The molecule has 1 unspecified atom stereocenters. The summed E-state index contributed by atoms with van der Waals surface area (Å²) in [6.45, 7) is 1.37. The van der Waals surface area contributed by atoms with Crippen molar-refractivity contribution in [3.8, 4) is 17.2 Å². The molecule has 1 heterocycles. The van der Waals surface area contributed by atoms with Crippen LogP contribution in [0, 0.1) is 5.92 Å². The predicted molar refractivity (Wildman–Crippen MR) is 114 cm³/mol. The van der Waals surface area contributed by atoms with E-state index in [1.54, 1.807) is 21.3 Å². The highest BCUT2D eigenvalue weighted by molar-refractivity contribution is 9.10. The normalized spacial score (nSPS) is 16.3. The van der Waals surface area contributed by atoms with Gasteiger partial charge in [-0.15, -0.1) is 0 Å². The molecule has 0 aromatic heterocycles. The summed E-state index contributed by atoms with van der Waals surface area (Å²) >= 11 is 3.57. The van der Waals surface area contributed by atoms with Crippen LogP contribution in [0.1, 0.15) is 30.0 Å². The molecule has 3 rings (SSSR count). The van der Waals surface area contributed by atoms with Gasteiger partial charge in [-0.25, -0.2) is 0 Å². The van der Waals surface area contributed by atoms with Crippen molar-refractivity contribution in [1.82, 2.24) is 4.90 Å². The first kappa shape index (κ1) is 21.5. The van der Waals surface area contributed by atoms with Crippen molar-refractivity contribution in [2.24, 2.45) is 5.92 Å². The van der Waals surface area contributed by atoms with Crippen molar-refractivity contribution < 1.29 is 24.1 Å². The number of halogens is 1. The molecule has 1 atom stereocenters. The molecule has 29 heavy (non-hydrogen) atoms. The minimum Gasteiger partial charge on any atom is -0.496 e. The van der Waals surface area contributed by atoms with Crippen LogP contribution in [-0.2, 0) is 4.79 Å². The van der Waals surface area contributed by atoms with E-state index < -0.39 is 5.97 Å². The summed E-state index contributed by atoms with van der Waals surface area (Å²) < 4.78 is 17.5. The molecule has 156 valence electrons. The number of hydrogen-bond donors (Lipinski definition) is 1. The Bertz CT molecular complexity index is 864. The molecule has 2 aromatic rings. The van der Waals surface area contributed by atoms with Crippen molar-refractivity contribution in [1.29, 1.82) is 0 Å². The third-order valence-electron chi connectivity index (χ3n) is 5.45. The summed E-state index contributed by atoms with van der Waals surface area (Å²) in [7, 11) is 4.90. The quantitative estimate of drug-likeness (QED) is 0.657. The van der Waals surface area contributed by atoms with Crippen molar-refractivity contribution in [3.63, 3.8) is 0 Å². The number of carbonyl (C=O) groups is 1. The van der Waals surface area contributed by atoms with Gasteiger partial charge in [-0.2, -0.15) is 0 Å². The Morgan fingerprint density at radius 1 is 1.00 bits per heavy atom. The van der Waals surface area contributed by atoms with Crippen molar-refractivity contribution in [2.45, 2.75) is 18.9 Å². The number of likely N-dealkylation sites (tertiary alicyclic amines) is 1. The lowest BCUT2D eigenvalue weighted by Gasteiger charge is -2.37. The third kappa shape index (κ3) is 4.67. The van der Waals surface area contributed by atoms with Crippen LogP contribution < -0.4 is 14.2 Å². The van der Waals surface area contributed by atoms with E-state index in [4.69, 9.17) is 14.2 Å². The van der Waals surface area contributed by atoms with E-state index in [9.17, 15) is 9.90 Å². The van der Waals surface area contributed by atoms with Gasteiger partial charge in [0, 0.05) is 10.0 Å². The second-order valence-electron chi connectivity index (χ2n) is 7.05. The molecule has 0 spiro atoms. The Hall–Kier alpha value is -2.25. The van der Waals surface area contributed by atoms with E-state index in [0.717, 1.165) is 21.3 Å². The van der Waals surface area contributed by atoms with Gasteiger partial charge in [-0.1, -0.05) is 22.0 Å². The highest BCUT2D eigenvalue weighted by atomic mass is 79.9. The van der Waals surface area contributed by atoms with E-state index >= 15 is 0 Å². The number of hydrogen-bond acceptors (Lipinski definition) is 5. The first-order valence-electron chi connectivity index (χ1n) is 9.50. The highest BCUT2D eigenvalue weighted by Gasteiger charge is 2.32. The fourth-order valence-corrected chi connectivity index (χ4v) is 4.31. The van der Waals surface area contributed by atoms with Gasteiger partial charge in [0.25, 0.3) is 0 Å². The molecular formula is C22H26BrNO5. The molecule has 0 saturated carbocycles. The summed E-state index contributed by atoms with van der Waals surface area (Å²) in [5.74, 6) is 1.10. The number of benzene rings is 2. The lowest BCUT2D eigenvalue weighted by Crippen LogP contribution is -2.39. The molecule has 1 N–H and O–H groups in total. The first-order chi connectivity index (χ1) is 14.0. The topological polar surface area (TPSA) is 68.2 Å². The number of carboxylic acids is 1. The molecule has 1 aliphatic rings. The van der Waals surface area contributed by atoms with Crippen LogP contribution in [0.4, 0.5) is 0 Å². The average Bonchev–Trinajstić information content (AvgIpc) is 2.74. The third-order valence-corrected chi connectivity index (χ3v) is 5.95. The maximum absolute atomic E-state index is 11.4. The van der Waals surface area contributed by atoms with Crippen LogP contribution in [0.3, 0.4) is 0 Å². The summed E-state index contributed by atoms with van der Waals surface area (Å²) in [5.41, 5.74) is 2.05. The maximum atomic E-state index is 11.4. The number of aliphatic carboxylic acids is 1. The maximum Gasteiger partial charge on any atom is 0.306 e. The Labute approximate surface area is 179 Å². The zero-order chi connectivity index (χ0) is 21.0. The molecule has 0 aliphatic carbocycles. The molecule has 2 aromatic carbocycles. The van der Waals surface area contributed by atoms with E-state index in [1.807, 2.05) is 30.3 Å². The van der Waals surface area contributed by atoms with Crippen LogP contribution in [-0.4, -0.2) is 50.4 Å². The zero-order valence-corrected chi connectivity index (χ0v) is 18.4. The lowest BCUT2D eigenvalue weighted by molar-refractivity contribution is -0.143. The SMILES string of the molecule is COc1ccc(C(c2cc(Br)ccc2OC)N2CCC(C(=O)O)CC2)cc1OC. The van der Waals surface area contributed by atoms with Crippen molar-refractivity contribution >= 4 is 21.9 Å². The number of ether oxygens (including phenoxy) is 3. The Morgan fingerprint density at radius 2 is 1.62 bits per heavy atom. The van der Waals surface area contributed by atoms with Crippen LogP contribution in [0.5, 0.6) is 17.2 Å². The standard InChI is InChI=1S/C22H26BrNO5/c1-27-18-7-5-16(23)13-17(18)21(24-10-8-14(9-11-24)22(25)26)15-4-6-19(28-2)20(12-15)29-3/h4-7,12-14,21H,8-11H2,1-3H3,(H,25,26). The largest absolute Gasteiger partial charge is 0.496 e. The molecule has 0 amide bonds. The minimum atomic E-state index is -0.715. The average molecular weight is 464 g/mol. The smallest absolute Gasteiger partial charge is 0.306 e. The molecule has 1 saturated heterocycles. The Kier molecular flexibility index (Phi) is 7.03. The van der Waals surface area contributed by atoms with Crippen molar-refractivity contribution in [2.75, 3.05) is 34.4 Å². The van der Waals surface area contributed by atoms with Crippen LogP contribution >= 0.6 is 15.9 Å². The van der Waals surface area contributed by atoms with Crippen LogP contribution in [0.25, 0.3) is 0 Å². The van der Waals surface area contributed by atoms with Crippen molar-refractivity contribution in [3.05, 3.63) is 52.0 Å². The molecule has 0 bridgehead atoms. The fourth-order valence-electron chi connectivity index (χ4n) is 3.93. The van der Waals surface area contributed by atoms with Gasteiger partial charge in [0.05, 0.1) is 33.3 Å². The monoisotopic (exact) mass is 463 g/mol. The molecule has 6 nitrogen and oxygen atoms in total. The Morgan fingerprint density at radius 3 is 2.21 bits per heavy atom. The molecule has 1 aliphatic heterocycles. The number of piperidine rings is 1. The summed E-state index contributed by atoms with van der Waals surface area (Å²) in [6.07, 6.45) is 1.24. The van der Waals surface area contributed by atoms with Gasteiger partial charge in [0.15, 0.2) is 11.5 Å². The molecule has 1 fully saturated rings. The minimum absolute atomic E-state index is 0.1000. The number of methoxy groups -OCH3 is 3. The Balaban J connectivity index is 2.06. The molecule has 7 heteroatoms. The van der Waals surface area contributed by atoms with Gasteiger partial charge in [-0.05, 0) is 61.8 Å². The zero-order valence-electron chi connectivity index (χ0n) is 16.9. The summed E-state index contributed by atoms with van der Waals surface area (Å²) in [4.78, 5) is 13.7. The van der Waals surface area contributed by atoms with Gasteiger partial charge >= 0.3 is 5.97 Å². The van der Waals surface area contributed by atoms with E-state index in [1.165, 1.54) is 0 Å². The van der Waals surface area contributed by atoms with Crippen LogP contribution in [0.15, 0.2) is 40.9 Å². The summed E-state index contributed by atoms with van der Waals surface area (Å²) in [5, 5.41) is 9.37. The fraction of sp³-hybridized carbons (Fsp3) is 0.409. The molecule has 0 radical (unpaired) electrons. The molecular weight excluding hydrogens is 438 g/mol. The predicted octanol–water partition coefficient (Wildman–Crippen LogP) is 4.36. The highest BCUT2D eigenvalue weighted by Crippen LogP contribution is 2.41. The lowest BCUT2D eigenvalue weighted by atomic mass is 9.90. The summed E-state index contributed by atoms with van der Waals surface area (Å²) in [6, 6.07) is 11.8. The van der Waals surface area contributed by atoms with E-state index in [-0.39, 0.29) is 12.0 Å². The second kappa shape index (κ2) is 9.50. The second-order valence-corrected chi connectivity index (χ2v) is 7.97. The number of carboxylic acid groups (broad SMARTS) is 1. The van der Waals surface area contributed by atoms with E-state index in [0.29, 0.717) is 37.4 Å². The van der Waals surface area contributed by atoms with Gasteiger partial charge in [-0.3, -0.25) is 9.69 Å². The van der Waals surface area contributed by atoms with E-state index in [2.05, 4.69) is 26.9 Å². The first-order valence-corrected chi connectivity index (χ1v) is 10.3. The van der Waals surface area contributed by atoms with Gasteiger partial charge in [0.2, 0.25) is 0 Å². The van der Waals surface area contributed by atoms with Crippen LogP contribution in [0.2, 0.25) is 0 Å². The van der Waals surface area contributed by atoms with Gasteiger partial charge in [0.1, 0.15) is 5.75 Å². The van der Waals surface area contributed by atoms with Gasteiger partial charge < -0.3 is 19.3 Å². The number of rotatable bonds is 7. The number of nitrogens with zero attached hydrogens (tertiary/aromatic N) is 1.